The van der Waals surface area contributed by atoms with Crippen LogP contribution in [-0.2, 0) is 14.3 Å². The molecule has 116 valence electrons. The van der Waals surface area contributed by atoms with Crippen molar-refractivity contribution in [3.05, 3.63) is 35.9 Å². The molecule has 3 rings (SSSR count). The van der Waals surface area contributed by atoms with Gasteiger partial charge < -0.3 is 14.4 Å². The van der Waals surface area contributed by atoms with Crippen LogP contribution < -0.4 is 0 Å². The number of nitriles is 1. The summed E-state index contributed by atoms with van der Waals surface area (Å²) < 4.78 is 11.2. The lowest BCUT2D eigenvalue weighted by molar-refractivity contribution is -0.184. The maximum Gasteiger partial charge on any atom is 0.254 e. The number of carbonyl (C=O) groups excluding carboxylic acids is 1. The molecule has 0 spiro atoms. The van der Waals surface area contributed by atoms with Gasteiger partial charge in [-0.05, 0) is 19.4 Å². The van der Waals surface area contributed by atoms with Crippen molar-refractivity contribution in [1.29, 1.82) is 5.26 Å². The van der Waals surface area contributed by atoms with Gasteiger partial charge in [0.05, 0.1) is 24.1 Å². The Bertz CT molecular complexity index is 608. The highest BCUT2D eigenvalue weighted by Gasteiger charge is 2.63. The van der Waals surface area contributed by atoms with Gasteiger partial charge in [0, 0.05) is 7.11 Å². The molecule has 0 saturated carbocycles. The molecule has 2 aliphatic rings. The number of likely N-dealkylation sites (tertiary alicyclic amines) is 1. The van der Waals surface area contributed by atoms with Crippen LogP contribution >= 0.6 is 0 Å². The van der Waals surface area contributed by atoms with Gasteiger partial charge in [0.25, 0.3) is 5.91 Å². The first-order chi connectivity index (χ1) is 10.5. The minimum atomic E-state index is -0.515. The van der Waals surface area contributed by atoms with Gasteiger partial charge >= 0.3 is 0 Å². The van der Waals surface area contributed by atoms with Crippen molar-refractivity contribution in [3.8, 4) is 6.07 Å². The second-order valence-electron chi connectivity index (χ2n) is 6.43. The number of benzene rings is 1. The van der Waals surface area contributed by atoms with Crippen molar-refractivity contribution in [1.82, 2.24) is 4.90 Å². The van der Waals surface area contributed by atoms with E-state index in [-0.39, 0.29) is 30.6 Å². The Morgan fingerprint density at radius 3 is 2.64 bits per heavy atom. The van der Waals surface area contributed by atoms with Crippen molar-refractivity contribution in [3.63, 3.8) is 0 Å². The molecule has 2 saturated heterocycles. The van der Waals surface area contributed by atoms with E-state index in [2.05, 4.69) is 6.07 Å². The molecule has 0 aromatic heterocycles. The molecule has 2 heterocycles. The summed E-state index contributed by atoms with van der Waals surface area (Å²) in [6.07, 6.45) is -0.258. The first kappa shape index (κ1) is 15.0. The third-order valence-electron chi connectivity index (χ3n) is 4.50. The first-order valence-corrected chi connectivity index (χ1v) is 7.44. The average molecular weight is 300 g/mol. The fraction of sp³-hybridized carbons (Fsp3) is 0.529. The quantitative estimate of drug-likeness (QED) is 0.616. The van der Waals surface area contributed by atoms with Crippen LogP contribution in [0.2, 0.25) is 0 Å². The number of rotatable bonds is 5. The topological polar surface area (TPSA) is 65.9 Å². The number of epoxide rings is 1. The second-order valence-corrected chi connectivity index (χ2v) is 6.43. The molecule has 0 N–H and O–H groups in total. The van der Waals surface area contributed by atoms with Gasteiger partial charge in [-0.15, -0.1) is 0 Å². The van der Waals surface area contributed by atoms with Crippen LogP contribution in [0.1, 0.15) is 31.9 Å². The predicted molar refractivity (Wildman–Crippen MR) is 79.8 cm³/mol. The third kappa shape index (κ3) is 2.29. The van der Waals surface area contributed by atoms with E-state index in [4.69, 9.17) is 14.7 Å². The molecule has 0 unspecified atom stereocenters. The fourth-order valence-electron chi connectivity index (χ4n) is 3.32. The van der Waals surface area contributed by atoms with Crippen LogP contribution in [0.3, 0.4) is 0 Å². The second kappa shape index (κ2) is 5.38. The monoisotopic (exact) mass is 300 g/mol. The number of amides is 1. The normalized spacial score (nSPS) is 30.6. The van der Waals surface area contributed by atoms with E-state index in [0.29, 0.717) is 0 Å². The lowest BCUT2D eigenvalue weighted by atomic mass is 9.84. The number of carbonyl (C=O) groups is 1. The summed E-state index contributed by atoms with van der Waals surface area (Å²) >= 11 is 0. The van der Waals surface area contributed by atoms with E-state index in [1.165, 1.54) is 0 Å². The zero-order chi connectivity index (χ0) is 15.9. The molecule has 1 amide bonds. The van der Waals surface area contributed by atoms with E-state index >= 15 is 0 Å². The van der Waals surface area contributed by atoms with Crippen molar-refractivity contribution < 1.29 is 14.3 Å². The Morgan fingerprint density at radius 1 is 1.36 bits per heavy atom. The summed E-state index contributed by atoms with van der Waals surface area (Å²) in [6.45, 7) is 3.82. The lowest BCUT2D eigenvalue weighted by Gasteiger charge is -2.53. The van der Waals surface area contributed by atoms with E-state index in [1.807, 2.05) is 44.2 Å². The number of methoxy groups -OCH3 is 1. The van der Waals surface area contributed by atoms with Crippen molar-refractivity contribution in [2.45, 2.75) is 50.2 Å². The summed E-state index contributed by atoms with van der Waals surface area (Å²) in [6, 6.07) is 12.0. The van der Waals surface area contributed by atoms with Crippen LogP contribution in [0.25, 0.3) is 0 Å². The average Bonchev–Trinajstić information content (AvgIpc) is 3.25. The van der Waals surface area contributed by atoms with Crippen LogP contribution in [0, 0.1) is 11.3 Å². The molecule has 5 nitrogen and oxygen atoms in total. The Hall–Kier alpha value is -1.90. The third-order valence-corrected chi connectivity index (χ3v) is 4.50. The van der Waals surface area contributed by atoms with Gasteiger partial charge in [0.15, 0.2) is 6.10 Å². The van der Waals surface area contributed by atoms with Gasteiger partial charge in [-0.2, -0.15) is 5.26 Å². The summed E-state index contributed by atoms with van der Waals surface area (Å²) in [4.78, 5) is 14.1. The standard InChI is InChI=1S/C17H20N2O3/c1-17(2,9-10-18)19-12(15(21-3)16(19)20)14-13(22-14)11-7-5-4-6-8-11/h4-8,12-15H,9H2,1-3H3/t12-,13-,14+,15+/m1/s1. The van der Waals surface area contributed by atoms with Gasteiger partial charge in [-0.1, -0.05) is 30.3 Å². The largest absolute Gasteiger partial charge is 0.369 e. The molecule has 0 aliphatic carbocycles. The Kier molecular flexibility index (Phi) is 3.67. The fourth-order valence-corrected chi connectivity index (χ4v) is 3.32. The van der Waals surface area contributed by atoms with Crippen molar-refractivity contribution in [2.75, 3.05) is 7.11 Å². The number of nitrogens with zero attached hydrogens (tertiary/aromatic N) is 2. The highest BCUT2D eigenvalue weighted by Crippen LogP contribution is 2.48. The van der Waals surface area contributed by atoms with Crippen molar-refractivity contribution in [2.24, 2.45) is 0 Å². The number of ether oxygens (including phenoxy) is 2. The maximum absolute atomic E-state index is 12.3. The van der Waals surface area contributed by atoms with E-state index in [0.717, 1.165) is 5.56 Å². The molecular weight excluding hydrogens is 280 g/mol. The van der Waals surface area contributed by atoms with Crippen molar-refractivity contribution >= 4 is 5.91 Å². The van der Waals surface area contributed by atoms with Crippen LogP contribution in [0.4, 0.5) is 0 Å². The molecule has 0 bridgehead atoms. The molecule has 2 fully saturated rings. The Balaban J connectivity index is 1.79. The molecule has 1 aromatic rings. The number of β-lactam (4-membered cyclic amide) rings is 1. The van der Waals surface area contributed by atoms with Crippen LogP contribution in [0.15, 0.2) is 30.3 Å². The Morgan fingerprint density at radius 2 is 2.05 bits per heavy atom. The summed E-state index contributed by atoms with van der Waals surface area (Å²) in [7, 11) is 1.55. The highest BCUT2D eigenvalue weighted by molar-refractivity contribution is 5.89. The minimum absolute atomic E-state index is 0.00247. The van der Waals surface area contributed by atoms with Gasteiger partial charge in [-0.25, -0.2) is 0 Å². The zero-order valence-corrected chi connectivity index (χ0v) is 13.0. The zero-order valence-electron chi connectivity index (χ0n) is 13.0. The Labute approximate surface area is 130 Å². The van der Waals surface area contributed by atoms with Gasteiger partial charge in [-0.3, -0.25) is 4.79 Å². The van der Waals surface area contributed by atoms with E-state index in [9.17, 15) is 4.79 Å². The molecule has 0 radical (unpaired) electrons. The highest BCUT2D eigenvalue weighted by atomic mass is 16.6. The lowest BCUT2D eigenvalue weighted by Crippen LogP contribution is -2.73. The molecular formula is C17H20N2O3. The molecule has 2 aliphatic heterocycles. The molecule has 5 heteroatoms. The number of hydrogen-bond donors (Lipinski definition) is 0. The predicted octanol–water partition coefficient (Wildman–Crippen LogP) is 2.04. The molecule has 4 atom stereocenters. The minimum Gasteiger partial charge on any atom is -0.369 e. The van der Waals surface area contributed by atoms with Gasteiger partial charge in [0.1, 0.15) is 12.2 Å². The first-order valence-electron chi connectivity index (χ1n) is 7.44. The smallest absolute Gasteiger partial charge is 0.254 e. The summed E-state index contributed by atoms with van der Waals surface area (Å²) in [5.74, 6) is -0.0601. The molecule has 1 aromatic carbocycles. The maximum atomic E-state index is 12.3. The summed E-state index contributed by atoms with van der Waals surface area (Å²) in [5, 5.41) is 9.00. The SMILES string of the molecule is CO[C@@H]1C(=O)N(C(C)(C)CC#N)[C@@H]1[C@@H]1O[C@@H]1c1ccccc1. The van der Waals surface area contributed by atoms with Crippen LogP contribution in [-0.4, -0.2) is 41.7 Å². The van der Waals surface area contributed by atoms with E-state index < -0.39 is 11.6 Å². The van der Waals surface area contributed by atoms with E-state index in [1.54, 1.807) is 12.0 Å². The van der Waals surface area contributed by atoms with Gasteiger partial charge in [0.2, 0.25) is 0 Å². The summed E-state index contributed by atoms with van der Waals surface area (Å²) in [5.41, 5.74) is 0.596. The number of hydrogen-bond acceptors (Lipinski definition) is 4. The molecule has 22 heavy (non-hydrogen) atoms. The van der Waals surface area contributed by atoms with Crippen LogP contribution in [0.5, 0.6) is 0 Å².